The number of hydrogen-bond donors (Lipinski definition) is 0. The van der Waals surface area contributed by atoms with Crippen molar-refractivity contribution in [1.82, 2.24) is 9.78 Å². The first-order valence-corrected chi connectivity index (χ1v) is 8.79. The van der Waals surface area contributed by atoms with Gasteiger partial charge in [-0.15, -0.1) is 5.10 Å². The van der Waals surface area contributed by atoms with E-state index in [4.69, 9.17) is 12.2 Å². The van der Waals surface area contributed by atoms with Crippen LogP contribution in [0.4, 0.5) is 4.39 Å². The fourth-order valence-corrected chi connectivity index (χ4v) is 4.98. The molecule has 110 valence electrons. The van der Waals surface area contributed by atoms with Crippen LogP contribution >= 0.6 is 35.3 Å². The van der Waals surface area contributed by atoms with Crippen molar-refractivity contribution in [2.45, 2.75) is 35.3 Å². The second-order valence-corrected chi connectivity index (χ2v) is 7.91. The summed E-state index contributed by atoms with van der Waals surface area (Å²) in [5, 5.41) is 4.46. The van der Waals surface area contributed by atoms with Gasteiger partial charge in [0.25, 0.3) is 0 Å². The van der Waals surface area contributed by atoms with E-state index in [2.05, 4.69) is 5.10 Å². The number of nitrogens with zero attached hydrogens (tertiary/aromatic N) is 2. The number of thioether (sulfide) groups is 1. The minimum Gasteiger partial charge on any atom is -0.298 e. The first kappa shape index (κ1) is 14.9. The Morgan fingerprint density at radius 1 is 1.33 bits per heavy atom. The van der Waals surface area contributed by atoms with Crippen molar-refractivity contribution in [2.24, 2.45) is 0 Å². The third-order valence-corrected chi connectivity index (χ3v) is 5.97. The number of halogens is 1. The molecule has 1 atom stereocenters. The summed E-state index contributed by atoms with van der Waals surface area (Å²) in [4.78, 5) is 11.9. The standard InChI is InChI=1S/C14H13FN2OS3/c15-9-5-7-10(8-6-9)17-14(19)21-13(16-17)20-12-4-2-1-3-11(12)18/h5-8,12H,1-4H2/t12-/m1/s1. The van der Waals surface area contributed by atoms with Gasteiger partial charge in [-0.2, -0.15) is 0 Å². The van der Waals surface area contributed by atoms with Crippen molar-refractivity contribution in [3.05, 3.63) is 34.0 Å². The molecular formula is C14H13FN2OS3. The molecule has 1 saturated carbocycles. The van der Waals surface area contributed by atoms with Crippen LogP contribution in [0.5, 0.6) is 0 Å². The smallest absolute Gasteiger partial charge is 0.184 e. The van der Waals surface area contributed by atoms with Crippen LogP contribution < -0.4 is 0 Å². The van der Waals surface area contributed by atoms with Crippen molar-refractivity contribution in [1.29, 1.82) is 0 Å². The summed E-state index contributed by atoms with van der Waals surface area (Å²) in [7, 11) is 0. The highest BCUT2D eigenvalue weighted by atomic mass is 32.2. The molecule has 2 aromatic rings. The molecular weight excluding hydrogens is 327 g/mol. The van der Waals surface area contributed by atoms with E-state index in [0.29, 0.717) is 16.2 Å². The lowest BCUT2D eigenvalue weighted by Crippen LogP contribution is -2.21. The van der Waals surface area contributed by atoms with Gasteiger partial charge < -0.3 is 0 Å². The normalized spacial score (nSPS) is 18.9. The van der Waals surface area contributed by atoms with Gasteiger partial charge in [0.15, 0.2) is 8.29 Å². The lowest BCUT2D eigenvalue weighted by molar-refractivity contribution is -0.119. The molecule has 1 aliphatic carbocycles. The van der Waals surface area contributed by atoms with E-state index in [-0.39, 0.29) is 11.1 Å². The van der Waals surface area contributed by atoms with Crippen LogP contribution in [0.25, 0.3) is 5.69 Å². The summed E-state index contributed by atoms with van der Waals surface area (Å²) in [5.74, 6) is 0.0172. The summed E-state index contributed by atoms with van der Waals surface area (Å²) in [6.45, 7) is 0. The molecule has 0 aliphatic heterocycles. The lowest BCUT2D eigenvalue weighted by Gasteiger charge is -2.18. The summed E-state index contributed by atoms with van der Waals surface area (Å²) in [6.07, 6.45) is 3.66. The van der Waals surface area contributed by atoms with Crippen LogP contribution in [0.1, 0.15) is 25.7 Å². The Bertz CT molecular complexity index is 708. The van der Waals surface area contributed by atoms with Gasteiger partial charge in [-0.3, -0.25) is 4.79 Å². The van der Waals surface area contributed by atoms with Crippen LogP contribution in [0, 0.1) is 9.77 Å². The fourth-order valence-electron chi connectivity index (χ4n) is 2.25. The molecule has 1 heterocycles. The second kappa shape index (κ2) is 6.37. The first-order chi connectivity index (χ1) is 10.1. The Balaban J connectivity index is 1.82. The average molecular weight is 340 g/mol. The zero-order valence-electron chi connectivity index (χ0n) is 11.1. The van der Waals surface area contributed by atoms with Gasteiger partial charge in [-0.05, 0) is 49.3 Å². The molecule has 21 heavy (non-hydrogen) atoms. The molecule has 3 nitrogen and oxygen atoms in total. The van der Waals surface area contributed by atoms with Crippen molar-refractivity contribution < 1.29 is 9.18 Å². The largest absolute Gasteiger partial charge is 0.298 e. The van der Waals surface area contributed by atoms with Crippen LogP contribution in [0.15, 0.2) is 28.6 Å². The Labute approximate surface area is 135 Å². The highest BCUT2D eigenvalue weighted by molar-refractivity contribution is 8.02. The number of rotatable bonds is 3. The van der Waals surface area contributed by atoms with E-state index in [9.17, 15) is 9.18 Å². The Morgan fingerprint density at radius 2 is 2.10 bits per heavy atom. The summed E-state index contributed by atoms with van der Waals surface area (Å²) in [6, 6.07) is 6.05. The molecule has 0 saturated heterocycles. The van der Waals surface area contributed by atoms with Gasteiger partial charge in [0.05, 0.1) is 10.9 Å². The van der Waals surface area contributed by atoms with Gasteiger partial charge in [-0.1, -0.05) is 29.5 Å². The molecule has 0 amide bonds. The second-order valence-electron chi connectivity index (χ2n) is 4.84. The predicted octanol–water partition coefficient (Wildman–Crippen LogP) is 4.41. The molecule has 1 aromatic carbocycles. The van der Waals surface area contributed by atoms with Gasteiger partial charge in [0.2, 0.25) is 0 Å². The maximum Gasteiger partial charge on any atom is 0.184 e. The average Bonchev–Trinajstić information content (AvgIpc) is 2.83. The van der Waals surface area contributed by atoms with E-state index in [1.807, 2.05) is 0 Å². The highest BCUT2D eigenvalue weighted by Gasteiger charge is 2.24. The van der Waals surface area contributed by atoms with Gasteiger partial charge in [0, 0.05) is 6.42 Å². The number of carbonyl (C=O) groups excluding carboxylic acids is 1. The molecule has 0 unspecified atom stereocenters. The van der Waals surface area contributed by atoms with Crippen molar-refractivity contribution in [3.63, 3.8) is 0 Å². The molecule has 0 radical (unpaired) electrons. The third-order valence-electron chi connectivity index (χ3n) is 3.34. The van der Waals surface area contributed by atoms with Crippen LogP contribution in [0.3, 0.4) is 0 Å². The van der Waals surface area contributed by atoms with Crippen LogP contribution in [0.2, 0.25) is 0 Å². The summed E-state index contributed by atoms with van der Waals surface area (Å²) >= 11 is 8.21. The molecule has 1 fully saturated rings. The lowest BCUT2D eigenvalue weighted by atomic mass is 9.99. The van der Waals surface area contributed by atoms with E-state index in [1.54, 1.807) is 16.8 Å². The van der Waals surface area contributed by atoms with E-state index in [0.717, 1.165) is 29.3 Å². The molecule has 0 spiro atoms. The zero-order valence-corrected chi connectivity index (χ0v) is 13.6. The molecule has 1 aliphatic rings. The number of ketones is 1. The Hall–Kier alpha value is -1.05. The maximum atomic E-state index is 13.0. The van der Waals surface area contributed by atoms with E-state index >= 15 is 0 Å². The number of benzene rings is 1. The third kappa shape index (κ3) is 3.41. The van der Waals surface area contributed by atoms with Gasteiger partial charge in [-0.25, -0.2) is 9.07 Å². The summed E-state index contributed by atoms with van der Waals surface area (Å²) < 4.78 is 16.0. The number of hydrogen-bond acceptors (Lipinski definition) is 5. The molecule has 7 heteroatoms. The fraction of sp³-hybridized carbons (Fsp3) is 0.357. The van der Waals surface area contributed by atoms with E-state index in [1.165, 1.54) is 35.2 Å². The number of Topliss-reactive ketones (excluding diaryl/α,β-unsaturated/α-hetero) is 1. The van der Waals surface area contributed by atoms with Crippen molar-refractivity contribution >= 4 is 41.1 Å². The maximum absolute atomic E-state index is 13.0. The molecule has 1 aromatic heterocycles. The SMILES string of the molecule is O=C1CCCC[C@H]1Sc1nn(-c2ccc(F)cc2)c(=S)s1. The molecule has 0 bridgehead atoms. The zero-order chi connectivity index (χ0) is 14.8. The van der Waals surface area contributed by atoms with E-state index < -0.39 is 0 Å². The topological polar surface area (TPSA) is 34.9 Å². The highest BCUT2D eigenvalue weighted by Crippen LogP contribution is 2.33. The molecule has 3 rings (SSSR count). The quantitative estimate of drug-likeness (QED) is 0.776. The minimum atomic E-state index is -0.289. The number of carbonyl (C=O) groups is 1. The minimum absolute atomic E-state index is 0.000896. The van der Waals surface area contributed by atoms with Crippen LogP contribution in [-0.4, -0.2) is 20.8 Å². The Kier molecular flexibility index (Phi) is 4.51. The first-order valence-electron chi connectivity index (χ1n) is 6.69. The number of aromatic nitrogens is 2. The van der Waals surface area contributed by atoms with Crippen molar-refractivity contribution in [3.8, 4) is 5.69 Å². The molecule has 0 N–H and O–H groups in total. The predicted molar refractivity (Wildman–Crippen MR) is 85.4 cm³/mol. The van der Waals surface area contributed by atoms with Gasteiger partial charge in [0.1, 0.15) is 11.6 Å². The monoisotopic (exact) mass is 340 g/mol. The van der Waals surface area contributed by atoms with Gasteiger partial charge >= 0.3 is 0 Å². The van der Waals surface area contributed by atoms with Crippen molar-refractivity contribution in [2.75, 3.05) is 0 Å². The summed E-state index contributed by atoms with van der Waals surface area (Å²) in [5.41, 5.74) is 0.736. The Morgan fingerprint density at radius 3 is 2.81 bits per heavy atom. The van der Waals surface area contributed by atoms with Crippen LogP contribution in [-0.2, 0) is 4.79 Å².